The zero-order chi connectivity index (χ0) is 13.1. The summed E-state index contributed by atoms with van der Waals surface area (Å²) in [4.78, 5) is 21.3. The van der Waals surface area contributed by atoms with Crippen molar-refractivity contribution in [1.29, 1.82) is 0 Å². The lowest BCUT2D eigenvalue weighted by atomic mass is 10.3. The molecule has 6 heteroatoms. The molecule has 5 nitrogen and oxygen atoms in total. The Hall–Kier alpha value is -1.88. The molecule has 0 aliphatic carbocycles. The van der Waals surface area contributed by atoms with Crippen molar-refractivity contribution in [2.45, 2.75) is 13.5 Å². The molecule has 0 bridgehead atoms. The predicted molar refractivity (Wildman–Crippen MR) is 66.3 cm³/mol. The second-order valence-corrected chi connectivity index (χ2v) is 4.29. The number of aromatic nitrogens is 2. The SMILES string of the molecule is Cc1ccc(CN(C)C(=O)c2cncc(Cl)n2)o1. The fourth-order valence-electron chi connectivity index (χ4n) is 1.52. The van der Waals surface area contributed by atoms with Gasteiger partial charge in [-0.2, -0.15) is 0 Å². The van der Waals surface area contributed by atoms with Crippen LogP contribution in [-0.2, 0) is 6.54 Å². The molecule has 0 aromatic carbocycles. The lowest BCUT2D eigenvalue weighted by Gasteiger charge is -2.14. The molecular weight excluding hydrogens is 254 g/mol. The average Bonchev–Trinajstić information content (AvgIpc) is 2.73. The van der Waals surface area contributed by atoms with E-state index in [1.165, 1.54) is 17.3 Å². The maximum atomic E-state index is 12.0. The van der Waals surface area contributed by atoms with E-state index in [9.17, 15) is 4.79 Å². The number of halogens is 1. The topological polar surface area (TPSA) is 59.2 Å². The molecule has 0 aliphatic rings. The fraction of sp³-hybridized carbons (Fsp3) is 0.250. The molecule has 2 aromatic heterocycles. The van der Waals surface area contributed by atoms with Crippen molar-refractivity contribution in [3.8, 4) is 0 Å². The average molecular weight is 266 g/mol. The molecule has 94 valence electrons. The van der Waals surface area contributed by atoms with E-state index in [1.54, 1.807) is 7.05 Å². The van der Waals surface area contributed by atoms with Crippen LogP contribution >= 0.6 is 11.6 Å². The maximum Gasteiger partial charge on any atom is 0.274 e. The summed E-state index contributed by atoms with van der Waals surface area (Å²) in [6.07, 6.45) is 2.77. The molecule has 1 amide bonds. The lowest BCUT2D eigenvalue weighted by molar-refractivity contribution is 0.0768. The van der Waals surface area contributed by atoms with E-state index in [2.05, 4.69) is 9.97 Å². The summed E-state index contributed by atoms with van der Waals surface area (Å²) < 4.78 is 5.41. The van der Waals surface area contributed by atoms with Crippen molar-refractivity contribution in [2.75, 3.05) is 7.05 Å². The minimum Gasteiger partial charge on any atom is -0.464 e. The fourth-order valence-corrected chi connectivity index (χ4v) is 1.66. The number of amides is 1. The van der Waals surface area contributed by atoms with Crippen molar-refractivity contribution >= 4 is 17.5 Å². The first kappa shape index (κ1) is 12.6. The Morgan fingerprint density at radius 1 is 1.44 bits per heavy atom. The van der Waals surface area contributed by atoms with Gasteiger partial charge in [-0.15, -0.1) is 0 Å². The Bertz CT molecular complexity index is 568. The van der Waals surface area contributed by atoms with Crippen molar-refractivity contribution in [1.82, 2.24) is 14.9 Å². The summed E-state index contributed by atoms with van der Waals surface area (Å²) in [5, 5.41) is 0.197. The van der Waals surface area contributed by atoms with Gasteiger partial charge in [-0.05, 0) is 19.1 Å². The van der Waals surface area contributed by atoms with Gasteiger partial charge in [-0.25, -0.2) is 4.98 Å². The number of rotatable bonds is 3. The Kier molecular flexibility index (Phi) is 3.62. The van der Waals surface area contributed by atoms with Crippen molar-refractivity contribution < 1.29 is 9.21 Å². The van der Waals surface area contributed by atoms with E-state index < -0.39 is 0 Å². The third-order valence-electron chi connectivity index (χ3n) is 2.36. The highest BCUT2D eigenvalue weighted by Gasteiger charge is 2.15. The lowest BCUT2D eigenvalue weighted by Crippen LogP contribution is -2.27. The van der Waals surface area contributed by atoms with Crippen LogP contribution in [0.4, 0.5) is 0 Å². The van der Waals surface area contributed by atoms with Gasteiger partial charge in [-0.3, -0.25) is 9.78 Å². The Morgan fingerprint density at radius 3 is 2.83 bits per heavy atom. The van der Waals surface area contributed by atoms with Crippen LogP contribution in [0.15, 0.2) is 28.9 Å². The Labute approximate surface area is 109 Å². The molecule has 0 unspecified atom stereocenters. The smallest absolute Gasteiger partial charge is 0.274 e. The molecule has 0 saturated heterocycles. The molecule has 0 atom stereocenters. The van der Waals surface area contributed by atoms with Crippen molar-refractivity contribution in [2.24, 2.45) is 0 Å². The number of aryl methyl sites for hydroxylation is 1. The zero-order valence-corrected chi connectivity index (χ0v) is 10.8. The van der Waals surface area contributed by atoms with Crippen LogP contribution in [0.5, 0.6) is 0 Å². The molecule has 2 rings (SSSR count). The Morgan fingerprint density at radius 2 is 2.22 bits per heavy atom. The number of hydrogen-bond acceptors (Lipinski definition) is 4. The van der Waals surface area contributed by atoms with Crippen LogP contribution < -0.4 is 0 Å². The van der Waals surface area contributed by atoms with E-state index in [0.29, 0.717) is 6.54 Å². The van der Waals surface area contributed by atoms with Gasteiger partial charge in [0.1, 0.15) is 22.4 Å². The van der Waals surface area contributed by atoms with Gasteiger partial charge in [0, 0.05) is 7.05 Å². The van der Waals surface area contributed by atoms with Crippen LogP contribution in [0.2, 0.25) is 5.15 Å². The van der Waals surface area contributed by atoms with E-state index in [4.69, 9.17) is 16.0 Å². The Balaban J connectivity index is 2.09. The van der Waals surface area contributed by atoms with Crippen LogP contribution in [0, 0.1) is 6.92 Å². The van der Waals surface area contributed by atoms with E-state index in [0.717, 1.165) is 11.5 Å². The normalized spacial score (nSPS) is 10.4. The number of carbonyl (C=O) groups is 1. The van der Waals surface area contributed by atoms with Gasteiger partial charge < -0.3 is 9.32 Å². The van der Waals surface area contributed by atoms with Gasteiger partial charge in [-0.1, -0.05) is 11.6 Å². The van der Waals surface area contributed by atoms with Gasteiger partial charge in [0.25, 0.3) is 5.91 Å². The number of carbonyl (C=O) groups excluding carboxylic acids is 1. The number of nitrogens with zero attached hydrogens (tertiary/aromatic N) is 3. The van der Waals surface area contributed by atoms with Crippen molar-refractivity contribution in [3.05, 3.63) is 46.9 Å². The molecule has 0 spiro atoms. The van der Waals surface area contributed by atoms with Crippen molar-refractivity contribution in [3.63, 3.8) is 0 Å². The number of furan rings is 1. The molecule has 2 heterocycles. The summed E-state index contributed by atoms with van der Waals surface area (Å²) in [5.74, 6) is 1.28. The summed E-state index contributed by atoms with van der Waals surface area (Å²) in [7, 11) is 1.67. The maximum absolute atomic E-state index is 12.0. The third-order valence-corrected chi connectivity index (χ3v) is 2.54. The highest BCUT2D eigenvalue weighted by atomic mass is 35.5. The molecule has 0 fully saturated rings. The van der Waals surface area contributed by atoms with Gasteiger partial charge in [0.15, 0.2) is 0 Å². The molecule has 0 radical (unpaired) electrons. The van der Waals surface area contributed by atoms with Crippen LogP contribution in [0.25, 0.3) is 0 Å². The molecular formula is C12H12ClN3O2. The minimum absolute atomic E-state index is 0.197. The van der Waals surface area contributed by atoms with Crippen LogP contribution in [0.1, 0.15) is 22.0 Å². The second kappa shape index (κ2) is 5.18. The summed E-state index contributed by atoms with van der Waals surface area (Å²) in [5.41, 5.74) is 0.216. The van der Waals surface area contributed by atoms with E-state index in [1.807, 2.05) is 19.1 Å². The first-order valence-electron chi connectivity index (χ1n) is 5.34. The zero-order valence-electron chi connectivity index (χ0n) is 10.1. The second-order valence-electron chi connectivity index (χ2n) is 3.90. The molecule has 0 aliphatic heterocycles. The monoisotopic (exact) mass is 265 g/mol. The highest BCUT2D eigenvalue weighted by molar-refractivity contribution is 6.29. The predicted octanol–water partition coefficient (Wildman–Crippen LogP) is 2.30. The minimum atomic E-state index is -0.251. The quantitative estimate of drug-likeness (QED) is 0.854. The van der Waals surface area contributed by atoms with Gasteiger partial charge in [0.2, 0.25) is 0 Å². The van der Waals surface area contributed by atoms with Crippen LogP contribution in [-0.4, -0.2) is 27.8 Å². The van der Waals surface area contributed by atoms with Crippen LogP contribution in [0.3, 0.4) is 0 Å². The summed E-state index contributed by atoms with van der Waals surface area (Å²) in [6, 6.07) is 3.69. The molecule has 0 N–H and O–H groups in total. The standard InChI is InChI=1S/C12H12ClN3O2/c1-8-3-4-9(18-8)7-16(2)12(17)10-5-14-6-11(13)15-10/h3-6H,7H2,1-2H3. The molecule has 18 heavy (non-hydrogen) atoms. The van der Waals surface area contributed by atoms with E-state index in [-0.39, 0.29) is 16.8 Å². The molecule has 2 aromatic rings. The summed E-state index contributed by atoms with van der Waals surface area (Å²) >= 11 is 5.69. The molecule has 0 saturated carbocycles. The number of hydrogen-bond donors (Lipinski definition) is 0. The first-order chi connectivity index (χ1) is 8.56. The highest BCUT2D eigenvalue weighted by Crippen LogP contribution is 2.11. The first-order valence-corrected chi connectivity index (χ1v) is 5.72. The summed E-state index contributed by atoms with van der Waals surface area (Å²) in [6.45, 7) is 2.23. The van der Waals surface area contributed by atoms with E-state index >= 15 is 0 Å². The van der Waals surface area contributed by atoms with Gasteiger partial charge >= 0.3 is 0 Å². The van der Waals surface area contributed by atoms with Gasteiger partial charge in [0.05, 0.1) is 18.9 Å². The third kappa shape index (κ3) is 2.87. The largest absolute Gasteiger partial charge is 0.464 e.